The summed E-state index contributed by atoms with van der Waals surface area (Å²) in [4.78, 5) is 5.17. The largest absolute Gasteiger partial charge is 0.294 e. The third kappa shape index (κ3) is 4.46. The second-order valence-corrected chi connectivity index (χ2v) is 12.8. The summed E-state index contributed by atoms with van der Waals surface area (Å²) in [7, 11) is 0. The van der Waals surface area contributed by atoms with Crippen LogP contribution < -0.4 is 0 Å². The summed E-state index contributed by atoms with van der Waals surface area (Å²) in [5.74, 6) is 0.919. The molecular weight excluding hydrogens is 593 g/mol. The fraction of sp³-hybridized carbons (Fsp3) is 0. The summed E-state index contributed by atoms with van der Waals surface area (Å²) in [6.45, 7) is 0. The highest BCUT2D eigenvalue weighted by molar-refractivity contribution is 6.25. The van der Waals surface area contributed by atoms with Crippen molar-refractivity contribution in [1.29, 1.82) is 0 Å². The molecule has 8 aromatic carbocycles. The Hall–Kier alpha value is -6.51. The molecular formula is C47H30N2. The summed E-state index contributed by atoms with van der Waals surface area (Å²) < 4.78 is 2.27. The molecule has 0 aliphatic carbocycles. The van der Waals surface area contributed by atoms with Crippen molar-refractivity contribution in [1.82, 2.24) is 9.55 Å². The molecule has 2 heteroatoms. The average molecular weight is 623 g/mol. The summed E-state index contributed by atoms with van der Waals surface area (Å²) in [6.07, 6.45) is 0. The van der Waals surface area contributed by atoms with Gasteiger partial charge in [0.1, 0.15) is 5.82 Å². The highest BCUT2D eigenvalue weighted by Gasteiger charge is 2.14. The quantitative estimate of drug-likeness (QED) is 0.179. The number of pyridine rings is 1. The maximum atomic E-state index is 5.17. The molecule has 10 aromatic rings. The second kappa shape index (κ2) is 11.0. The minimum absolute atomic E-state index is 0.919. The molecule has 2 nitrogen and oxygen atoms in total. The topological polar surface area (TPSA) is 17.8 Å². The number of rotatable bonds is 4. The average Bonchev–Trinajstić information content (AvgIpc) is 3.52. The lowest BCUT2D eigenvalue weighted by Crippen LogP contribution is -1.98. The van der Waals surface area contributed by atoms with Crippen molar-refractivity contribution in [3.63, 3.8) is 0 Å². The predicted octanol–water partition coefficient (Wildman–Crippen LogP) is 12.6. The molecule has 0 bridgehead atoms. The zero-order valence-corrected chi connectivity index (χ0v) is 26.7. The van der Waals surface area contributed by atoms with Gasteiger partial charge in [-0.15, -0.1) is 0 Å². The van der Waals surface area contributed by atoms with E-state index in [2.05, 4.69) is 187 Å². The molecule has 0 amide bonds. The molecule has 0 aliphatic heterocycles. The lowest BCUT2D eigenvalue weighted by molar-refractivity contribution is 1.08. The monoisotopic (exact) mass is 622 g/mol. The minimum Gasteiger partial charge on any atom is -0.294 e. The van der Waals surface area contributed by atoms with E-state index in [9.17, 15) is 0 Å². The van der Waals surface area contributed by atoms with E-state index < -0.39 is 0 Å². The van der Waals surface area contributed by atoms with Gasteiger partial charge in [-0.1, -0.05) is 146 Å². The zero-order valence-electron chi connectivity index (χ0n) is 26.7. The maximum absolute atomic E-state index is 5.17. The molecule has 0 spiro atoms. The number of para-hydroxylation sites is 2. The van der Waals surface area contributed by atoms with Gasteiger partial charge in [-0.2, -0.15) is 0 Å². The first-order chi connectivity index (χ1) is 24.3. The fourth-order valence-electron chi connectivity index (χ4n) is 7.68. The second-order valence-electron chi connectivity index (χ2n) is 12.8. The van der Waals surface area contributed by atoms with Gasteiger partial charge in [0.25, 0.3) is 0 Å². The number of aromatic nitrogens is 2. The Bertz CT molecular complexity index is 2790. The summed E-state index contributed by atoms with van der Waals surface area (Å²) in [5, 5.41) is 10.2. The van der Waals surface area contributed by atoms with Gasteiger partial charge < -0.3 is 0 Å². The van der Waals surface area contributed by atoms with Crippen molar-refractivity contribution >= 4 is 54.1 Å². The Labute approximate surface area is 284 Å². The van der Waals surface area contributed by atoms with Crippen molar-refractivity contribution < 1.29 is 0 Å². The number of hydrogen-bond acceptors (Lipinski definition) is 1. The van der Waals surface area contributed by atoms with E-state index in [0.717, 1.165) is 28.1 Å². The van der Waals surface area contributed by atoms with Crippen LogP contribution in [0.1, 0.15) is 0 Å². The van der Waals surface area contributed by atoms with E-state index in [0.29, 0.717) is 0 Å². The van der Waals surface area contributed by atoms with E-state index in [1.54, 1.807) is 0 Å². The first-order valence-electron chi connectivity index (χ1n) is 16.8. The highest BCUT2D eigenvalue weighted by Crippen LogP contribution is 2.38. The zero-order chi connectivity index (χ0) is 32.3. The molecule has 0 radical (unpaired) electrons. The van der Waals surface area contributed by atoms with Crippen LogP contribution in [0.5, 0.6) is 0 Å². The van der Waals surface area contributed by atoms with Crippen molar-refractivity contribution in [3.05, 3.63) is 182 Å². The van der Waals surface area contributed by atoms with Crippen LogP contribution in [0.15, 0.2) is 182 Å². The molecule has 0 atom stereocenters. The standard InChI is InChI=1S/C47H30N2/c1-2-15-38-36(13-1)37-14-3-4-16-39(37)43-30-35(27-28-40(38)43)34-12-9-11-33(29-34)31-23-25-32(26-24-31)44-19-10-22-47(48-44)49-45-20-7-5-17-41(45)42-18-6-8-21-46(42)49/h1-30H. The van der Waals surface area contributed by atoms with Gasteiger partial charge in [0, 0.05) is 16.3 Å². The maximum Gasteiger partial charge on any atom is 0.138 e. The molecule has 0 N–H and O–H groups in total. The van der Waals surface area contributed by atoms with E-state index in [1.807, 2.05) is 0 Å². The molecule has 228 valence electrons. The van der Waals surface area contributed by atoms with Crippen LogP contribution in [-0.4, -0.2) is 9.55 Å². The molecule has 0 fully saturated rings. The Balaban J connectivity index is 1.01. The Kier molecular flexibility index (Phi) is 6.22. The van der Waals surface area contributed by atoms with Crippen LogP contribution >= 0.6 is 0 Å². The molecule has 49 heavy (non-hydrogen) atoms. The van der Waals surface area contributed by atoms with E-state index in [1.165, 1.54) is 65.3 Å². The summed E-state index contributed by atoms with van der Waals surface area (Å²) in [5.41, 5.74) is 9.18. The highest BCUT2D eigenvalue weighted by atomic mass is 15.1. The first-order valence-corrected chi connectivity index (χ1v) is 16.8. The normalized spacial score (nSPS) is 11.7. The molecule has 2 aromatic heterocycles. The molecule has 0 unspecified atom stereocenters. The number of hydrogen-bond donors (Lipinski definition) is 0. The predicted molar refractivity (Wildman–Crippen MR) is 207 cm³/mol. The van der Waals surface area contributed by atoms with Crippen molar-refractivity contribution in [3.8, 4) is 39.3 Å². The van der Waals surface area contributed by atoms with E-state index in [-0.39, 0.29) is 0 Å². The van der Waals surface area contributed by atoms with Crippen LogP contribution in [0.3, 0.4) is 0 Å². The van der Waals surface area contributed by atoms with Crippen LogP contribution in [0.25, 0.3) is 93.5 Å². The van der Waals surface area contributed by atoms with E-state index in [4.69, 9.17) is 4.98 Å². The van der Waals surface area contributed by atoms with Crippen molar-refractivity contribution in [2.45, 2.75) is 0 Å². The molecule has 2 heterocycles. The van der Waals surface area contributed by atoms with Gasteiger partial charge in [-0.3, -0.25) is 4.57 Å². The third-order valence-electron chi connectivity index (χ3n) is 10.00. The number of benzene rings is 8. The van der Waals surface area contributed by atoms with Gasteiger partial charge >= 0.3 is 0 Å². The van der Waals surface area contributed by atoms with Gasteiger partial charge in [-0.25, -0.2) is 4.98 Å². The van der Waals surface area contributed by atoms with Crippen LogP contribution in [0, 0.1) is 0 Å². The molecule has 0 aliphatic rings. The lowest BCUT2D eigenvalue weighted by atomic mass is 9.91. The van der Waals surface area contributed by atoms with Gasteiger partial charge in [0.05, 0.1) is 16.7 Å². The number of nitrogens with zero attached hydrogens (tertiary/aromatic N) is 2. The van der Waals surface area contributed by atoms with Crippen molar-refractivity contribution in [2.75, 3.05) is 0 Å². The van der Waals surface area contributed by atoms with Gasteiger partial charge in [0.2, 0.25) is 0 Å². The van der Waals surface area contributed by atoms with Gasteiger partial charge in [-0.05, 0) is 91.0 Å². The lowest BCUT2D eigenvalue weighted by Gasteiger charge is -2.13. The molecule has 0 saturated heterocycles. The fourth-order valence-corrected chi connectivity index (χ4v) is 7.68. The Morgan fingerprint density at radius 2 is 0.735 bits per heavy atom. The summed E-state index contributed by atoms with van der Waals surface area (Å²) >= 11 is 0. The minimum atomic E-state index is 0.919. The third-order valence-corrected chi connectivity index (χ3v) is 10.00. The molecule has 10 rings (SSSR count). The SMILES string of the molecule is c1cc(-c2ccc(-c3cccc(-n4c5ccccc5c5ccccc54)n3)cc2)cc(-c2ccc3c4ccccc4c4ccccc4c3c2)c1. The Morgan fingerprint density at radius 1 is 0.286 bits per heavy atom. The Morgan fingerprint density at radius 3 is 1.37 bits per heavy atom. The van der Waals surface area contributed by atoms with Crippen LogP contribution in [-0.2, 0) is 0 Å². The van der Waals surface area contributed by atoms with Gasteiger partial charge in [0.15, 0.2) is 0 Å². The smallest absolute Gasteiger partial charge is 0.138 e. The van der Waals surface area contributed by atoms with E-state index >= 15 is 0 Å². The van der Waals surface area contributed by atoms with Crippen LogP contribution in [0.4, 0.5) is 0 Å². The number of fused-ring (bicyclic) bond motifs is 9. The summed E-state index contributed by atoms with van der Waals surface area (Å²) in [6, 6.07) is 65.5. The molecule has 0 saturated carbocycles. The van der Waals surface area contributed by atoms with Crippen molar-refractivity contribution in [2.24, 2.45) is 0 Å². The van der Waals surface area contributed by atoms with Crippen LogP contribution in [0.2, 0.25) is 0 Å². The first kappa shape index (κ1) is 27.6.